The molecule has 4 nitrogen and oxygen atoms in total. The van der Waals surface area contributed by atoms with Crippen molar-refractivity contribution in [2.24, 2.45) is 5.92 Å². The van der Waals surface area contributed by atoms with Gasteiger partial charge in [-0.25, -0.2) is 0 Å². The van der Waals surface area contributed by atoms with Gasteiger partial charge in [-0.3, -0.25) is 0 Å². The maximum absolute atomic E-state index is 5.12. The van der Waals surface area contributed by atoms with Crippen molar-refractivity contribution in [3.05, 3.63) is 12.1 Å². The Morgan fingerprint density at radius 3 is 3.06 bits per heavy atom. The molecule has 4 heteroatoms. The molecule has 16 heavy (non-hydrogen) atoms. The fourth-order valence-electron chi connectivity index (χ4n) is 1.88. The molecular formula is C12H19N3O. The predicted octanol–water partition coefficient (Wildman–Crippen LogP) is 2.34. The van der Waals surface area contributed by atoms with E-state index in [0.29, 0.717) is 17.8 Å². The number of pyridine rings is 1. The van der Waals surface area contributed by atoms with Gasteiger partial charge in [0.05, 0.1) is 12.8 Å². The van der Waals surface area contributed by atoms with Gasteiger partial charge in [-0.15, -0.1) is 0 Å². The van der Waals surface area contributed by atoms with Crippen LogP contribution in [0.15, 0.2) is 12.1 Å². The number of methoxy groups -OCH3 is 1. The van der Waals surface area contributed by atoms with Crippen LogP contribution in [0, 0.1) is 5.92 Å². The molecule has 2 N–H and O–H groups in total. The van der Waals surface area contributed by atoms with Gasteiger partial charge in [0.2, 0.25) is 5.88 Å². The Labute approximate surface area is 96.4 Å². The largest absolute Gasteiger partial charge is 0.481 e. The van der Waals surface area contributed by atoms with Crippen molar-refractivity contribution in [3.8, 4) is 5.88 Å². The van der Waals surface area contributed by atoms with Crippen LogP contribution in [-0.2, 0) is 0 Å². The highest BCUT2D eigenvalue weighted by Crippen LogP contribution is 2.28. The number of nitrogens with one attached hydrogen (secondary N) is 2. The molecule has 1 aromatic heterocycles. The van der Waals surface area contributed by atoms with Crippen LogP contribution < -0.4 is 15.4 Å². The molecule has 0 bridgehead atoms. The van der Waals surface area contributed by atoms with Gasteiger partial charge in [-0.2, -0.15) is 4.98 Å². The van der Waals surface area contributed by atoms with Gasteiger partial charge < -0.3 is 15.4 Å². The number of hydrogen-bond acceptors (Lipinski definition) is 4. The minimum absolute atomic E-state index is 0.442. The summed E-state index contributed by atoms with van der Waals surface area (Å²) in [5, 5.41) is 6.87. The standard InChI is InChI=1S/C12H19N3O/c1-4-8(2)10-7-13-9-5-6-11(16-3)15-12(9)14-10/h5-6,8,10,13H,4,7H2,1-3H3,(H,14,15). The Balaban J connectivity index is 2.18. The second kappa shape index (κ2) is 4.60. The molecule has 1 aliphatic heterocycles. The van der Waals surface area contributed by atoms with Crippen molar-refractivity contribution in [2.75, 3.05) is 24.3 Å². The zero-order valence-electron chi connectivity index (χ0n) is 10.1. The molecule has 2 rings (SSSR count). The molecule has 0 saturated carbocycles. The number of hydrogen-bond donors (Lipinski definition) is 2. The number of rotatable bonds is 3. The Kier molecular flexibility index (Phi) is 3.17. The third kappa shape index (κ3) is 2.05. The van der Waals surface area contributed by atoms with E-state index in [1.165, 1.54) is 6.42 Å². The van der Waals surface area contributed by atoms with Crippen molar-refractivity contribution in [2.45, 2.75) is 26.3 Å². The lowest BCUT2D eigenvalue weighted by atomic mass is 9.98. The van der Waals surface area contributed by atoms with Crippen LogP contribution in [-0.4, -0.2) is 24.7 Å². The maximum Gasteiger partial charge on any atom is 0.215 e. The monoisotopic (exact) mass is 221 g/mol. The van der Waals surface area contributed by atoms with E-state index in [1.54, 1.807) is 7.11 Å². The van der Waals surface area contributed by atoms with Gasteiger partial charge in [-0.1, -0.05) is 20.3 Å². The quantitative estimate of drug-likeness (QED) is 0.822. The maximum atomic E-state index is 5.12. The average molecular weight is 221 g/mol. The minimum atomic E-state index is 0.442. The number of anilines is 2. The van der Waals surface area contributed by atoms with Crippen LogP contribution in [0.3, 0.4) is 0 Å². The van der Waals surface area contributed by atoms with Gasteiger partial charge in [0.25, 0.3) is 0 Å². The van der Waals surface area contributed by atoms with Gasteiger partial charge in [0.1, 0.15) is 0 Å². The number of fused-ring (bicyclic) bond motifs is 1. The molecule has 1 aliphatic rings. The Morgan fingerprint density at radius 1 is 1.56 bits per heavy atom. The Morgan fingerprint density at radius 2 is 2.38 bits per heavy atom. The van der Waals surface area contributed by atoms with E-state index in [2.05, 4.69) is 29.5 Å². The molecule has 0 aromatic carbocycles. The summed E-state index contributed by atoms with van der Waals surface area (Å²) in [6, 6.07) is 4.31. The van der Waals surface area contributed by atoms with Gasteiger partial charge in [0.15, 0.2) is 5.82 Å². The normalized spacial score (nSPS) is 20.3. The van der Waals surface area contributed by atoms with E-state index in [4.69, 9.17) is 4.74 Å². The zero-order valence-corrected chi connectivity index (χ0v) is 10.1. The average Bonchev–Trinajstić information content (AvgIpc) is 2.36. The number of nitrogens with zero attached hydrogens (tertiary/aromatic N) is 1. The number of aromatic nitrogens is 1. The van der Waals surface area contributed by atoms with Crippen molar-refractivity contribution >= 4 is 11.5 Å². The van der Waals surface area contributed by atoms with E-state index >= 15 is 0 Å². The van der Waals surface area contributed by atoms with Crippen molar-refractivity contribution in [1.29, 1.82) is 0 Å². The highest BCUT2D eigenvalue weighted by Gasteiger charge is 2.22. The van der Waals surface area contributed by atoms with Crippen LogP contribution in [0.4, 0.5) is 11.5 Å². The van der Waals surface area contributed by atoms with Crippen LogP contribution in [0.25, 0.3) is 0 Å². The van der Waals surface area contributed by atoms with Gasteiger partial charge in [0, 0.05) is 18.7 Å². The summed E-state index contributed by atoms with van der Waals surface area (Å²) >= 11 is 0. The predicted molar refractivity (Wildman–Crippen MR) is 66.1 cm³/mol. The third-order valence-corrected chi connectivity index (χ3v) is 3.24. The van der Waals surface area contributed by atoms with Gasteiger partial charge in [-0.05, 0) is 12.0 Å². The smallest absolute Gasteiger partial charge is 0.215 e. The van der Waals surface area contributed by atoms with E-state index in [0.717, 1.165) is 18.1 Å². The van der Waals surface area contributed by atoms with E-state index in [-0.39, 0.29) is 0 Å². The summed E-state index contributed by atoms with van der Waals surface area (Å²) in [6.07, 6.45) is 1.17. The second-order valence-corrected chi connectivity index (χ2v) is 4.27. The van der Waals surface area contributed by atoms with Crippen LogP contribution in [0.5, 0.6) is 5.88 Å². The van der Waals surface area contributed by atoms with E-state index in [9.17, 15) is 0 Å². The summed E-state index contributed by atoms with van der Waals surface area (Å²) in [4.78, 5) is 4.40. The van der Waals surface area contributed by atoms with E-state index < -0.39 is 0 Å². The van der Waals surface area contributed by atoms with Crippen molar-refractivity contribution < 1.29 is 4.74 Å². The Hall–Kier alpha value is -1.45. The minimum Gasteiger partial charge on any atom is -0.481 e. The second-order valence-electron chi connectivity index (χ2n) is 4.27. The van der Waals surface area contributed by atoms with Crippen LogP contribution in [0.2, 0.25) is 0 Å². The highest BCUT2D eigenvalue weighted by atomic mass is 16.5. The first-order valence-corrected chi connectivity index (χ1v) is 5.80. The summed E-state index contributed by atoms with van der Waals surface area (Å²) in [6.45, 7) is 5.42. The Bertz CT molecular complexity index is 367. The molecule has 0 saturated heterocycles. The summed E-state index contributed by atoms with van der Waals surface area (Å²) in [5.41, 5.74) is 1.06. The lowest BCUT2D eigenvalue weighted by Crippen LogP contribution is -2.38. The number of ether oxygens (including phenoxy) is 1. The lowest BCUT2D eigenvalue weighted by molar-refractivity contribution is 0.397. The molecule has 0 spiro atoms. The molecule has 2 heterocycles. The molecule has 88 valence electrons. The fourth-order valence-corrected chi connectivity index (χ4v) is 1.88. The highest BCUT2D eigenvalue weighted by molar-refractivity contribution is 5.67. The van der Waals surface area contributed by atoms with Crippen molar-refractivity contribution in [1.82, 2.24) is 4.98 Å². The van der Waals surface area contributed by atoms with Gasteiger partial charge >= 0.3 is 0 Å². The first-order valence-electron chi connectivity index (χ1n) is 5.80. The first kappa shape index (κ1) is 11.0. The molecule has 0 aliphatic carbocycles. The lowest BCUT2D eigenvalue weighted by Gasteiger charge is -2.31. The first-order chi connectivity index (χ1) is 7.74. The van der Waals surface area contributed by atoms with Crippen LogP contribution in [0.1, 0.15) is 20.3 Å². The third-order valence-electron chi connectivity index (χ3n) is 3.24. The fraction of sp³-hybridized carbons (Fsp3) is 0.583. The van der Waals surface area contributed by atoms with E-state index in [1.807, 2.05) is 12.1 Å². The molecule has 2 unspecified atom stereocenters. The zero-order chi connectivity index (χ0) is 11.5. The van der Waals surface area contributed by atoms with Crippen LogP contribution >= 0.6 is 0 Å². The van der Waals surface area contributed by atoms with Crippen molar-refractivity contribution in [3.63, 3.8) is 0 Å². The molecular weight excluding hydrogens is 202 g/mol. The topological polar surface area (TPSA) is 46.2 Å². The molecule has 0 amide bonds. The molecule has 0 radical (unpaired) electrons. The molecule has 1 aromatic rings. The summed E-state index contributed by atoms with van der Waals surface area (Å²) < 4.78 is 5.12. The SMILES string of the molecule is CCC(C)C1CNc2ccc(OC)nc2N1. The summed E-state index contributed by atoms with van der Waals surface area (Å²) in [7, 11) is 1.64. The summed E-state index contributed by atoms with van der Waals surface area (Å²) in [5.74, 6) is 2.18. The molecule has 2 atom stereocenters. The molecule has 0 fully saturated rings.